The van der Waals surface area contributed by atoms with E-state index in [1.165, 1.54) is 0 Å². The maximum atomic E-state index is 14.1. The minimum Gasteiger partial charge on any atom is -0.464 e. The first-order valence-electron chi connectivity index (χ1n) is 7.44. The summed E-state index contributed by atoms with van der Waals surface area (Å²) in [6.45, 7) is 5.19. The third-order valence-electron chi connectivity index (χ3n) is 3.63. The van der Waals surface area contributed by atoms with Gasteiger partial charge in [-0.05, 0) is 20.3 Å². The Hall–Kier alpha value is -1.76. The molecule has 7 heteroatoms. The number of esters is 1. The number of halogens is 1. The maximum Gasteiger partial charge on any atom is 0.341 e. The summed E-state index contributed by atoms with van der Waals surface area (Å²) in [4.78, 5) is 22.2. The van der Waals surface area contributed by atoms with Crippen molar-refractivity contribution >= 4 is 11.8 Å². The highest BCUT2D eigenvalue weighted by atomic mass is 19.1. The first kappa shape index (κ1) is 16.6. The van der Waals surface area contributed by atoms with Crippen molar-refractivity contribution in [1.82, 2.24) is 9.97 Å². The lowest BCUT2D eigenvalue weighted by molar-refractivity contribution is -0.150. The second-order valence-corrected chi connectivity index (χ2v) is 5.37. The Morgan fingerprint density at radius 2 is 2.32 bits per heavy atom. The lowest BCUT2D eigenvalue weighted by atomic mass is 10.0. The van der Waals surface area contributed by atoms with Gasteiger partial charge in [0.15, 0.2) is 5.82 Å². The SMILES string of the molecule is CCOC(=O)C(F)C1CCN(c2cc(C)nc(COC)n2)C1. The van der Waals surface area contributed by atoms with Gasteiger partial charge in [0.2, 0.25) is 6.17 Å². The third-order valence-corrected chi connectivity index (χ3v) is 3.63. The molecule has 1 aromatic heterocycles. The normalized spacial score (nSPS) is 19.3. The van der Waals surface area contributed by atoms with Crippen LogP contribution in [-0.2, 0) is 20.9 Å². The molecule has 1 fully saturated rings. The van der Waals surface area contributed by atoms with E-state index >= 15 is 0 Å². The van der Waals surface area contributed by atoms with E-state index in [2.05, 4.69) is 9.97 Å². The fourth-order valence-corrected chi connectivity index (χ4v) is 2.62. The molecular weight excluding hydrogens is 289 g/mol. The molecular formula is C15H22FN3O3. The predicted molar refractivity (Wildman–Crippen MR) is 79.3 cm³/mol. The van der Waals surface area contributed by atoms with Crippen LogP contribution in [0.25, 0.3) is 0 Å². The molecule has 1 aromatic rings. The topological polar surface area (TPSA) is 64.5 Å². The molecule has 1 aliphatic rings. The van der Waals surface area contributed by atoms with Crippen molar-refractivity contribution < 1.29 is 18.7 Å². The number of rotatable bonds is 6. The summed E-state index contributed by atoms with van der Waals surface area (Å²) in [5.41, 5.74) is 0.836. The van der Waals surface area contributed by atoms with Crippen LogP contribution in [0, 0.1) is 12.8 Å². The fourth-order valence-electron chi connectivity index (χ4n) is 2.62. The van der Waals surface area contributed by atoms with Gasteiger partial charge in [0.25, 0.3) is 0 Å². The summed E-state index contributed by atoms with van der Waals surface area (Å²) in [7, 11) is 1.59. The van der Waals surface area contributed by atoms with E-state index in [0.29, 0.717) is 31.9 Å². The number of alkyl halides is 1. The Bertz CT molecular complexity index is 527. The van der Waals surface area contributed by atoms with Gasteiger partial charge in [-0.25, -0.2) is 19.2 Å². The van der Waals surface area contributed by atoms with E-state index in [-0.39, 0.29) is 12.5 Å². The van der Waals surface area contributed by atoms with Crippen molar-refractivity contribution in [3.05, 3.63) is 17.6 Å². The van der Waals surface area contributed by atoms with Crippen LogP contribution in [0.3, 0.4) is 0 Å². The molecule has 0 bridgehead atoms. The van der Waals surface area contributed by atoms with E-state index in [1.54, 1.807) is 14.0 Å². The van der Waals surface area contributed by atoms with Crippen LogP contribution in [0.4, 0.5) is 10.2 Å². The average molecular weight is 311 g/mol. The molecule has 122 valence electrons. The number of nitrogens with zero attached hydrogens (tertiary/aromatic N) is 3. The van der Waals surface area contributed by atoms with Crippen molar-refractivity contribution in [1.29, 1.82) is 0 Å². The molecule has 1 saturated heterocycles. The van der Waals surface area contributed by atoms with Gasteiger partial charge in [-0.2, -0.15) is 0 Å². The molecule has 2 heterocycles. The maximum absolute atomic E-state index is 14.1. The Morgan fingerprint density at radius 3 is 3.00 bits per heavy atom. The number of carbonyl (C=O) groups excluding carboxylic acids is 1. The highest BCUT2D eigenvalue weighted by Gasteiger charge is 2.35. The molecule has 6 nitrogen and oxygen atoms in total. The second kappa shape index (κ2) is 7.49. The third kappa shape index (κ3) is 3.91. The fraction of sp³-hybridized carbons (Fsp3) is 0.667. The van der Waals surface area contributed by atoms with E-state index in [0.717, 1.165) is 11.5 Å². The first-order valence-corrected chi connectivity index (χ1v) is 7.44. The summed E-state index contributed by atoms with van der Waals surface area (Å²) in [5.74, 6) is 0.217. The number of methoxy groups -OCH3 is 1. The summed E-state index contributed by atoms with van der Waals surface area (Å²) in [6, 6.07) is 1.86. The lowest BCUT2D eigenvalue weighted by Crippen LogP contribution is -2.30. The van der Waals surface area contributed by atoms with E-state index in [4.69, 9.17) is 9.47 Å². The zero-order chi connectivity index (χ0) is 16.1. The summed E-state index contributed by atoms with van der Waals surface area (Å²) < 4.78 is 23.9. The van der Waals surface area contributed by atoms with Crippen LogP contribution in [0.15, 0.2) is 6.07 Å². The number of ether oxygens (including phenoxy) is 2. The van der Waals surface area contributed by atoms with E-state index in [9.17, 15) is 9.18 Å². The molecule has 2 atom stereocenters. The summed E-state index contributed by atoms with van der Waals surface area (Å²) in [5, 5.41) is 0. The van der Waals surface area contributed by atoms with Gasteiger partial charge in [0, 0.05) is 37.9 Å². The lowest BCUT2D eigenvalue weighted by Gasteiger charge is -2.19. The van der Waals surface area contributed by atoms with Crippen LogP contribution in [0.2, 0.25) is 0 Å². The minimum atomic E-state index is -1.58. The number of hydrogen-bond donors (Lipinski definition) is 0. The molecule has 2 unspecified atom stereocenters. The Morgan fingerprint density at radius 1 is 1.55 bits per heavy atom. The minimum absolute atomic E-state index is 0.196. The molecule has 0 N–H and O–H groups in total. The monoisotopic (exact) mass is 311 g/mol. The van der Waals surface area contributed by atoms with Crippen molar-refractivity contribution in [3.8, 4) is 0 Å². The number of aryl methyl sites for hydroxylation is 1. The molecule has 0 aromatic carbocycles. The zero-order valence-electron chi connectivity index (χ0n) is 13.2. The average Bonchev–Trinajstić information content (AvgIpc) is 2.96. The van der Waals surface area contributed by atoms with Crippen molar-refractivity contribution in [2.24, 2.45) is 5.92 Å². The largest absolute Gasteiger partial charge is 0.464 e. The standard InChI is InChI=1S/C15H22FN3O3/c1-4-22-15(20)14(16)11-5-6-19(8-11)13-7-10(2)17-12(18-13)9-21-3/h7,11,14H,4-6,8-9H2,1-3H3. The van der Waals surface area contributed by atoms with Crippen molar-refractivity contribution in [2.75, 3.05) is 31.7 Å². The Labute approximate surface area is 129 Å². The zero-order valence-corrected chi connectivity index (χ0v) is 13.2. The van der Waals surface area contributed by atoms with Crippen LogP contribution >= 0.6 is 0 Å². The number of aromatic nitrogens is 2. The van der Waals surface area contributed by atoms with Crippen LogP contribution in [-0.4, -0.2) is 48.9 Å². The smallest absolute Gasteiger partial charge is 0.341 e. The quantitative estimate of drug-likeness (QED) is 0.745. The Kier molecular flexibility index (Phi) is 5.65. The predicted octanol–water partition coefficient (Wildman–Crippen LogP) is 1.66. The van der Waals surface area contributed by atoms with Crippen LogP contribution in [0.1, 0.15) is 24.9 Å². The number of carbonyl (C=O) groups is 1. The highest BCUT2D eigenvalue weighted by molar-refractivity contribution is 5.75. The van der Waals surface area contributed by atoms with Crippen molar-refractivity contribution in [2.45, 2.75) is 33.0 Å². The highest BCUT2D eigenvalue weighted by Crippen LogP contribution is 2.27. The molecule has 0 saturated carbocycles. The summed E-state index contributed by atoms with van der Waals surface area (Å²) in [6.07, 6.45) is -0.978. The number of anilines is 1. The molecule has 22 heavy (non-hydrogen) atoms. The van der Waals surface area contributed by atoms with Gasteiger partial charge >= 0.3 is 5.97 Å². The molecule has 2 rings (SSSR count). The van der Waals surface area contributed by atoms with Gasteiger partial charge < -0.3 is 14.4 Å². The summed E-state index contributed by atoms with van der Waals surface area (Å²) >= 11 is 0. The number of hydrogen-bond acceptors (Lipinski definition) is 6. The van der Waals surface area contributed by atoms with Crippen LogP contribution < -0.4 is 4.90 Å². The first-order chi connectivity index (χ1) is 10.5. The second-order valence-electron chi connectivity index (χ2n) is 5.37. The molecule has 0 aliphatic carbocycles. The van der Waals surface area contributed by atoms with E-state index in [1.807, 2.05) is 17.9 Å². The van der Waals surface area contributed by atoms with Crippen LogP contribution in [0.5, 0.6) is 0 Å². The van der Waals surface area contributed by atoms with Gasteiger partial charge in [-0.3, -0.25) is 0 Å². The molecule has 0 amide bonds. The Balaban J connectivity index is 2.05. The van der Waals surface area contributed by atoms with Gasteiger partial charge in [-0.15, -0.1) is 0 Å². The molecule has 0 spiro atoms. The van der Waals surface area contributed by atoms with Gasteiger partial charge in [-0.1, -0.05) is 0 Å². The molecule has 0 radical (unpaired) electrons. The van der Waals surface area contributed by atoms with Gasteiger partial charge in [0.1, 0.15) is 12.4 Å². The van der Waals surface area contributed by atoms with Crippen molar-refractivity contribution in [3.63, 3.8) is 0 Å². The molecule has 1 aliphatic heterocycles. The van der Waals surface area contributed by atoms with Gasteiger partial charge in [0.05, 0.1) is 6.61 Å². The van der Waals surface area contributed by atoms with E-state index < -0.39 is 12.1 Å².